The summed E-state index contributed by atoms with van der Waals surface area (Å²) in [5.74, 6) is -2.01. The molecule has 0 spiro atoms. The molecule has 1 saturated heterocycles. The van der Waals surface area contributed by atoms with E-state index >= 15 is 0 Å². The normalized spacial score (nSPS) is 18.2. The predicted molar refractivity (Wildman–Crippen MR) is 88.7 cm³/mol. The standard InChI is InChI=1S/C18H21F2NS/c1-13(2)16-7-8-17(22-16)15-6-4-3-5-14(15)11-21-10-9-18(19,20)12-21/h3-8,13H,9-12H2,1-2H3. The predicted octanol–water partition coefficient (Wildman–Crippen LogP) is 5.38. The van der Waals surface area contributed by atoms with E-state index in [0.29, 0.717) is 19.0 Å². The Morgan fingerprint density at radius 1 is 1.18 bits per heavy atom. The van der Waals surface area contributed by atoms with Crippen LogP contribution < -0.4 is 0 Å². The molecular formula is C18H21F2NS. The van der Waals surface area contributed by atoms with Crippen molar-refractivity contribution in [3.05, 3.63) is 46.8 Å². The fourth-order valence-corrected chi connectivity index (χ4v) is 3.96. The smallest absolute Gasteiger partial charge is 0.261 e. The first kappa shape index (κ1) is 15.6. The van der Waals surface area contributed by atoms with Crippen molar-refractivity contribution in [1.82, 2.24) is 4.90 Å². The summed E-state index contributed by atoms with van der Waals surface area (Å²) in [5, 5.41) is 0. The second-order valence-corrected chi connectivity index (χ2v) is 7.45. The van der Waals surface area contributed by atoms with E-state index in [1.165, 1.54) is 15.3 Å². The maximum atomic E-state index is 13.4. The highest BCUT2D eigenvalue weighted by Crippen LogP contribution is 2.35. The van der Waals surface area contributed by atoms with Crippen molar-refractivity contribution >= 4 is 11.3 Å². The molecule has 1 aromatic carbocycles. The minimum Gasteiger partial charge on any atom is -0.293 e. The summed E-state index contributed by atoms with van der Waals surface area (Å²) in [6.07, 6.45) is -0.0222. The summed E-state index contributed by atoms with van der Waals surface area (Å²) in [4.78, 5) is 4.44. The molecule has 118 valence electrons. The molecule has 22 heavy (non-hydrogen) atoms. The summed E-state index contributed by atoms with van der Waals surface area (Å²) in [5.41, 5.74) is 2.31. The molecule has 1 aliphatic rings. The third kappa shape index (κ3) is 3.39. The second kappa shape index (κ2) is 6.09. The van der Waals surface area contributed by atoms with Gasteiger partial charge in [-0.2, -0.15) is 0 Å². The second-order valence-electron chi connectivity index (χ2n) is 6.33. The molecule has 0 unspecified atom stereocenters. The van der Waals surface area contributed by atoms with Crippen LogP contribution in [0.25, 0.3) is 10.4 Å². The Labute approximate surface area is 134 Å². The van der Waals surface area contributed by atoms with Crippen molar-refractivity contribution in [2.45, 2.75) is 38.7 Å². The molecule has 0 amide bonds. The summed E-state index contributed by atoms with van der Waals surface area (Å²) < 4.78 is 26.7. The van der Waals surface area contributed by atoms with E-state index in [9.17, 15) is 8.78 Å². The van der Waals surface area contributed by atoms with E-state index in [4.69, 9.17) is 0 Å². The van der Waals surface area contributed by atoms with Crippen LogP contribution in [0.5, 0.6) is 0 Å². The SMILES string of the molecule is CC(C)c1ccc(-c2ccccc2CN2CCC(F)(F)C2)s1. The highest BCUT2D eigenvalue weighted by molar-refractivity contribution is 7.15. The Hall–Kier alpha value is -1.26. The number of halogens is 2. The Morgan fingerprint density at radius 3 is 2.59 bits per heavy atom. The maximum absolute atomic E-state index is 13.4. The lowest BCUT2D eigenvalue weighted by Gasteiger charge is -2.17. The van der Waals surface area contributed by atoms with Crippen molar-refractivity contribution in [2.24, 2.45) is 0 Å². The van der Waals surface area contributed by atoms with Crippen LogP contribution in [0.4, 0.5) is 8.78 Å². The first-order valence-corrected chi connectivity index (χ1v) is 8.54. The largest absolute Gasteiger partial charge is 0.293 e. The summed E-state index contributed by atoms with van der Waals surface area (Å²) >= 11 is 1.80. The molecule has 1 nitrogen and oxygen atoms in total. The van der Waals surface area contributed by atoms with Gasteiger partial charge in [0.15, 0.2) is 0 Å². The Balaban J connectivity index is 1.83. The summed E-state index contributed by atoms with van der Waals surface area (Å²) in [7, 11) is 0. The van der Waals surface area contributed by atoms with Crippen molar-refractivity contribution in [2.75, 3.05) is 13.1 Å². The number of hydrogen-bond acceptors (Lipinski definition) is 2. The van der Waals surface area contributed by atoms with E-state index in [2.05, 4.69) is 38.1 Å². The molecule has 2 aromatic rings. The fraction of sp³-hybridized carbons (Fsp3) is 0.444. The monoisotopic (exact) mass is 321 g/mol. The molecular weight excluding hydrogens is 300 g/mol. The lowest BCUT2D eigenvalue weighted by atomic mass is 10.1. The molecule has 1 fully saturated rings. The molecule has 2 heterocycles. The van der Waals surface area contributed by atoms with Crippen LogP contribution in [-0.2, 0) is 6.54 Å². The zero-order valence-electron chi connectivity index (χ0n) is 13.0. The minimum absolute atomic E-state index is 0.0222. The van der Waals surface area contributed by atoms with Crippen LogP contribution in [0.1, 0.15) is 36.6 Å². The van der Waals surface area contributed by atoms with E-state index in [1.54, 1.807) is 11.3 Å². The third-order valence-electron chi connectivity index (χ3n) is 4.12. The van der Waals surface area contributed by atoms with Gasteiger partial charge in [-0.1, -0.05) is 38.1 Å². The molecule has 0 bridgehead atoms. The zero-order chi connectivity index (χ0) is 15.7. The van der Waals surface area contributed by atoms with E-state index < -0.39 is 5.92 Å². The first-order valence-electron chi connectivity index (χ1n) is 7.73. The number of nitrogens with zero attached hydrogens (tertiary/aromatic N) is 1. The van der Waals surface area contributed by atoms with Gasteiger partial charge in [-0.3, -0.25) is 4.90 Å². The number of benzene rings is 1. The molecule has 1 aromatic heterocycles. The average Bonchev–Trinajstić information content (AvgIpc) is 3.06. The lowest BCUT2D eigenvalue weighted by molar-refractivity contribution is 0.0115. The fourth-order valence-electron chi connectivity index (χ4n) is 2.89. The average molecular weight is 321 g/mol. The van der Waals surface area contributed by atoms with E-state index in [1.807, 2.05) is 17.0 Å². The van der Waals surface area contributed by atoms with Crippen LogP contribution in [0.15, 0.2) is 36.4 Å². The van der Waals surface area contributed by atoms with Crippen molar-refractivity contribution < 1.29 is 8.78 Å². The molecule has 3 rings (SSSR count). The molecule has 4 heteroatoms. The van der Waals surface area contributed by atoms with Gasteiger partial charge in [0.05, 0.1) is 6.54 Å². The highest BCUT2D eigenvalue weighted by Gasteiger charge is 2.38. The van der Waals surface area contributed by atoms with Gasteiger partial charge in [0, 0.05) is 29.3 Å². The molecule has 0 atom stereocenters. The van der Waals surface area contributed by atoms with Crippen molar-refractivity contribution in [3.63, 3.8) is 0 Å². The lowest BCUT2D eigenvalue weighted by Crippen LogP contribution is -2.25. The summed E-state index contributed by atoms with van der Waals surface area (Å²) in [6, 6.07) is 12.5. The van der Waals surface area contributed by atoms with Crippen molar-refractivity contribution in [3.8, 4) is 10.4 Å². The van der Waals surface area contributed by atoms with Gasteiger partial charge in [0.2, 0.25) is 0 Å². The molecule has 0 N–H and O–H groups in total. The Morgan fingerprint density at radius 2 is 1.95 bits per heavy atom. The topological polar surface area (TPSA) is 3.24 Å². The number of thiophene rings is 1. The highest BCUT2D eigenvalue weighted by atomic mass is 32.1. The minimum atomic E-state index is -2.53. The molecule has 0 saturated carbocycles. The Kier molecular flexibility index (Phi) is 4.33. The van der Waals surface area contributed by atoms with Gasteiger partial charge in [0.25, 0.3) is 5.92 Å². The zero-order valence-corrected chi connectivity index (χ0v) is 13.8. The van der Waals surface area contributed by atoms with Crippen LogP contribution in [0.2, 0.25) is 0 Å². The van der Waals surface area contributed by atoms with Gasteiger partial charge in [-0.15, -0.1) is 11.3 Å². The maximum Gasteiger partial charge on any atom is 0.261 e. The van der Waals surface area contributed by atoms with Gasteiger partial charge in [-0.05, 0) is 29.2 Å². The van der Waals surface area contributed by atoms with Crippen LogP contribution in [-0.4, -0.2) is 23.9 Å². The summed E-state index contributed by atoms with van der Waals surface area (Å²) in [6.45, 7) is 5.33. The number of rotatable bonds is 4. The molecule has 0 aliphatic carbocycles. The van der Waals surface area contributed by atoms with Crippen LogP contribution in [0, 0.1) is 0 Å². The van der Waals surface area contributed by atoms with Gasteiger partial charge in [0.1, 0.15) is 0 Å². The number of likely N-dealkylation sites (tertiary alicyclic amines) is 1. The van der Waals surface area contributed by atoms with Crippen LogP contribution >= 0.6 is 11.3 Å². The first-order chi connectivity index (χ1) is 10.4. The quantitative estimate of drug-likeness (QED) is 0.731. The van der Waals surface area contributed by atoms with Gasteiger partial charge >= 0.3 is 0 Å². The number of alkyl halides is 2. The molecule has 0 radical (unpaired) electrons. The van der Waals surface area contributed by atoms with Crippen LogP contribution in [0.3, 0.4) is 0 Å². The van der Waals surface area contributed by atoms with E-state index in [0.717, 1.165) is 5.56 Å². The van der Waals surface area contributed by atoms with E-state index in [-0.39, 0.29) is 13.0 Å². The van der Waals surface area contributed by atoms with Gasteiger partial charge in [-0.25, -0.2) is 8.78 Å². The Bertz CT molecular complexity index is 648. The molecule has 1 aliphatic heterocycles. The van der Waals surface area contributed by atoms with Gasteiger partial charge < -0.3 is 0 Å². The van der Waals surface area contributed by atoms with Crippen molar-refractivity contribution in [1.29, 1.82) is 0 Å². The number of hydrogen-bond donors (Lipinski definition) is 0. The third-order valence-corrected chi connectivity index (χ3v) is 5.54.